The second-order valence-corrected chi connectivity index (χ2v) is 9.23. The molecule has 0 amide bonds. The van der Waals surface area contributed by atoms with Crippen LogP contribution in [0.25, 0.3) is 16.8 Å². The lowest BCUT2D eigenvalue weighted by atomic mass is 9.97. The van der Waals surface area contributed by atoms with Crippen molar-refractivity contribution in [2.24, 2.45) is 0 Å². The maximum Gasteiger partial charge on any atom is 0.490 e. The Kier molecular flexibility index (Phi) is 10.7. The number of alkyl halides is 6. The fraction of sp³-hybridized carbons (Fsp3) is 0.296. The van der Waals surface area contributed by atoms with Gasteiger partial charge in [0.15, 0.2) is 11.5 Å². The lowest BCUT2D eigenvalue weighted by molar-refractivity contribution is -0.193. The van der Waals surface area contributed by atoms with Crippen molar-refractivity contribution in [3.8, 4) is 11.1 Å². The van der Waals surface area contributed by atoms with E-state index in [0.717, 1.165) is 60.6 Å². The molecule has 1 aliphatic rings. The molecule has 1 unspecified atom stereocenters. The average molecular weight is 616 g/mol. The van der Waals surface area contributed by atoms with E-state index in [0.29, 0.717) is 5.92 Å². The van der Waals surface area contributed by atoms with Gasteiger partial charge in [-0.1, -0.05) is 12.1 Å². The Bertz CT molecular complexity index is 1490. The number of rotatable bonds is 4. The van der Waals surface area contributed by atoms with Crippen molar-refractivity contribution in [2.45, 2.75) is 37.7 Å². The summed E-state index contributed by atoms with van der Waals surface area (Å²) in [5, 5.41) is 19.0. The van der Waals surface area contributed by atoms with Crippen molar-refractivity contribution < 1.29 is 50.5 Å². The highest BCUT2D eigenvalue weighted by atomic mass is 19.4. The normalized spacial score (nSPS) is 15.6. The van der Waals surface area contributed by atoms with Crippen molar-refractivity contribution in [1.29, 1.82) is 0 Å². The first-order chi connectivity index (χ1) is 20.1. The first kappa shape index (κ1) is 32.9. The number of aliphatic carboxylic acids is 2. The second kappa shape index (κ2) is 14.0. The Labute approximate surface area is 239 Å². The predicted octanol–water partition coefficient (Wildman–Crippen LogP) is 5.58. The number of aromatic nitrogens is 4. The average Bonchev–Trinajstić information content (AvgIpc) is 3.38. The number of benzene rings is 1. The highest BCUT2D eigenvalue weighted by Gasteiger charge is 2.38. The Hall–Kier alpha value is -4.60. The van der Waals surface area contributed by atoms with Crippen LogP contribution >= 0.6 is 0 Å². The number of carboxylic acid groups (broad SMARTS) is 2. The van der Waals surface area contributed by atoms with E-state index in [4.69, 9.17) is 29.9 Å². The van der Waals surface area contributed by atoms with Crippen molar-refractivity contribution in [1.82, 2.24) is 24.5 Å². The Balaban J connectivity index is 0.000000303. The van der Waals surface area contributed by atoms with Crippen LogP contribution in [-0.4, -0.2) is 72.1 Å². The maximum atomic E-state index is 13.2. The van der Waals surface area contributed by atoms with E-state index in [1.54, 1.807) is 12.4 Å². The summed E-state index contributed by atoms with van der Waals surface area (Å²) in [6.07, 6.45) is -2.34. The van der Waals surface area contributed by atoms with Crippen LogP contribution in [0.15, 0.2) is 67.1 Å². The number of likely N-dealkylation sites (tertiary alicyclic amines) is 1. The molecule has 0 spiro atoms. The van der Waals surface area contributed by atoms with E-state index in [1.165, 1.54) is 12.1 Å². The first-order valence-electron chi connectivity index (χ1n) is 12.5. The van der Waals surface area contributed by atoms with Gasteiger partial charge in [0.05, 0.1) is 0 Å². The van der Waals surface area contributed by atoms with E-state index in [-0.39, 0.29) is 5.82 Å². The molecule has 16 heteroatoms. The van der Waals surface area contributed by atoms with Gasteiger partial charge in [0.2, 0.25) is 0 Å². The van der Waals surface area contributed by atoms with Crippen LogP contribution in [0.1, 0.15) is 30.1 Å². The van der Waals surface area contributed by atoms with Gasteiger partial charge in [-0.2, -0.15) is 31.4 Å². The highest BCUT2D eigenvalue weighted by molar-refractivity contribution is 5.73. The van der Waals surface area contributed by atoms with Crippen LogP contribution in [0.4, 0.5) is 30.7 Å². The molecule has 0 radical (unpaired) electrons. The SMILES string of the molecule is Fc1ccc(CN2CCCC(c3nc4ccc(-c5ccncc5)cn4n3)C2)cc1.O=C(O)C(F)(F)F.O=C(O)C(F)(F)F. The van der Waals surface area contributed by atoms with Gasteiger partial charge in [0.25, 0.3) is 0 Å². The third-order valence-corrected chi connectivity index (χ3v) is 6.04. The van der Waals surface area contributed by atoms with Crippen LogP contribution in [0.5, 0.6) is 0 Å². The minimum Gasteiger partial charge on any atom is -0.475 e. The van der Waals surface area contributed by atoms with Gasteiger partial charge in [-0.05, 0) is 66.9 Å². The van der Waals surface area contributed by atoms with Crippen molar-refractivity contribution >= 4 is 17.6 Å². The van der Waals surface area contributed by atoms with E-state index in [9.17, 15) is 30.7 Å². The summed E-state index contributed by atoms with van der Waals surface area (Å²) in [7, 11) is 0. The van der Waals surface area contributed by atoms with Crippen LogP contribution in [0, 0.1) is 5.82 Å². The predicted molar refractivity (Wildman–Crippen MR) is 137 cm³/mol. The topological polar surface area (TPSA) is 121 Å². The number of fused-ring (bicyclic) bond motifs is 1. The van der Waals surface area contributed by atoms with Crippen LogP contribution in [-0.2, 0) is 16.1 Å². The zero-order valence-corrected chi connectivity index (χ0v) is 22.1. The van der Waals surface area contributed by atoms with E-state index in [2.05, 4.69) is 16.0 Å². The summed E-state index contributed by atoms with van der Waals surface area (Å²) < 4.78 is 78.5. The number of nitrogens with zero attached hydrogens (tertiary/aromatic N) is 5. The molecule has 1 saturated heterocycles. The molecule has 1 fully saturated rings. The molecule has 1 atom stereocenters. The quantitative estimate of drug-likeness (QED) is 0.286. The summed E-state index contributed by atoms with van der Waals surface area (Å²) in [5.74, 6) is -4.49. The number of carbonyl (C=O) groups is 2. The summed E-state index contributed by atoms with van der Waals surface area (Å²) in [4.78, 5) is 29.1. The number of carboxylic acids is 2. The van der Waals surface area contributed by atoms with Crippen molar-refractivity contribution in [2.75, 3.05) is 13.1 Å². The minimum atomic E-state index is -5.08. The number of piperidine rings is 1. The van der Waals surface area contributed by atoms with Gasteiger partial charge in [-0.25, -0.2) is 23.5 Å². The molecular weight excluding hydrogens is 591 g/mol. The molecular formula is C27H24F7N5O4. The number of hydrogen-bond acceptors (Lipinski definition) is 6. The smallest absolute Gasteiger partial charge is 0.475 e. The molecule has 1 aromatic carbocycles. The molecule has 0 saturated carbocycles. The molecule has 1 aliphatic heterocycles. The van der Waals surface area contributed by atoms with E-state index >= 15 is 0 Å². The summed E-state index contributed by atoms with van der Waals surface area (Å²) in [6, 6.07) is 14.9. The molecule has 0 aliphatic carbocycles. The van der Waals surface area contributed by atoms with Gasteiger partial charge < -0.3 is 10.2 Å². The molecule has 4 aromatic rings. The molecule has 43 heavy (non-hydrogen) atoms. The van der Waals surface area contributed by atoms with Gasteiger partial charge in [0.1, 0.15) is 5.82 Å². The van der Waals surface area contributed by atoms with Gasteiger partial charge >= 0.3 is 24.3 Å². The molecule has 230 valence electrons. The van der Waals surface area contributed by atoms with Gasteiger partial charge in [-0.15, -0.1) is 0 Å². The van der Waals surface area contributed by atoms with Crippen LogP contribution < -0.4 is 0 Å². The van der Waals surface area contributed by atoms with Gasteiger partial charge in [-0.3, -0.25) is 9.88 Å². The standard InChI is InChI=1S/C23H22FN5.2C2HF3O2/c24-21-6-3-17(4-7-21)14-28-13-1-2-20(15-28)23-26-22-8-5-19(16-29(22)27-23)18-9-11-25-12-10-18;2*3-2(4,5)1(6)7/h3-12,16,20H,1-2,13-15H2;2*(H,6,7). The third kappa shape index (κ3) is 10.0. The molecule has 2 N–H and O–H groups in total. The zero-order valence-electron chi connectivity index (χ0n) is 22.1. The molecule has 9 nitrogen and oxygen atoms in total. The maximum absolute atomic E-state index is 13.2. The highest BCUT2D eigenvalue weighted by Crippen LogP contribution is 2.27. The molecule has 5 rings (SSSR count). The second-order valence-electron chi connectivity index (χ2n) is 9.23. The minimum absolute atomic E-state index is 0.190. The molecule has 4 heterocycles. The zero-order chi connectivity index (χ0) is 31.8. The monoisotopic (exact) mass is 615 g/mol. The first-order valence-corrected chi connectivity index (χ1v) is 12.5. The van der Waals surface area contributed by atoms with Crippen LogP contribution in [0.2, 0.25) is 0 Å². The number of hydrogen-bond donors (Lipinski definition) is 2. The lowest BCUT2D eigenvalue weighted by Gasteiger charge is -2.31. The van der Waals surface area contributed by atoms with Crippen LogP contribution in [0.3, 0.4) is 0 Å². The summed E-state index contributed by atoms with van der Waals surface area (Å²) >= 11 is 0. The number of pyridine rings is 2. The lowest BCUT2D eigenvalue weighted by Crippen LogP contribution is -2.34. The van der Waals surface area contributed by atoms with Gasteiger partial charge in [0, 0.05) is 43.2 Å². The molecule has 3 aromatic heterocycles. The largest absolute Gasteiger partial charge is 0.490 e. The Morgan fingerprint density at radius 3 is 2.00 bits per heavy atom. The summed E-state index contributed by atoms with van der Waals surface area (Å²) in [5.41, 5.74) is 4.21. The van der Waals surface area contributed by atoms with E-state index < -0.39 is 24.3 Å². The Morgan fingerprint density at radius 2 is 1.44 bits per heavy atom. The summed E-state index contributed by atoms with van der Waals surface area (Å²) in [6.45, 7) is 2.80. The number of halogens is 7. The fourth-order valence-electron chi connectivity index (χ4n) is 4.05. The molecule has 0 bridgehead atoms. The van der Waals surface area contributed by atoms with E-state index in [1.807, 2.05) is 41.0 Å². The fourth-order valence-corrected chi connectivity index (χ4v) is 4.05. The van der Waals surface area contributed by atoms with Crippen molar-refractivity contribution in [3.05, 3.63) is 84.3 Å². The van der Waals surface area contributed by atoms with Crippen molar-refractivity contribution in [3.63, 3.8) is 0 Å². The third-order valence-electron chi connectivity index (χ3n) is 6.04. The Morgan fingerprint density at radius 1 is 0.860 bits per heavy atom.